The number of hydrogen-bond donors (Lipinski definition) is 2. The molecule has 27 heavy (non-hydrogen) atoms. The Morgan fingerprint density at radius 1 is 1.33 bits per heavy atom. The number of aryl methyl sites for hydroxylation is 1. The number of carboxylic acid groups (broad SMARTS) is 1. The monoisotopic (exact) mass is 387 g/mol. The van der Waals surface area contributed by atoms with Crippen molar-refractivity contribution in [1.82, 2.24) is 4.90 Å². The summed E-state index contributed by atoms with van der Waals surface area (Å²) in [6, 6.07) is 5.46. The van der Waals surface area contributed by atoms with Crippen LogP contribution >= 0.6 is 11.8 Å². The fourth-order valence-electron chi connectivity index (χ4n) is 4.52. The van der Waals surface area contributed by atoms with Crippen LogP contribution < -0.4 is 0 Å². The number of nitrogens with zero attached hydrogens (tertiary/aromatic N) is 1. The van der Waals surface area contributed by atoms with Gasteiger partial charge in [0.05, 0.1) is 18.1 Å². The second-order valence-electron chi connectivity index (χ2n) is 7.46. The van der Waals surface area contributed by atoms with E-state index in [9.17, 15) is 24.6 Å². The lowest BCUT2D eigenvalue weighted by atomic mass is 9.78. The average Bonchev–Trinajstić information content (AvgIpc) is 3.09. The summed E-state index contributed by atoms with van der Waals surface area (Å²) in [5.74, 6) is -1.43. The molecule has 0 radical (unpaired) electrons. The molecule has 3 aliphatic rings. The lowest BCUT2D eigenvalue weighted by molar-refractivity contribution is -0.163. The van der Waals surface area contributed by atoms with Gasteiger partial charge in [-0.3, -0.25) is 9.59 Å². The first-order chi connectivity index (χ1) is 12.8. The van der Waals surface area contributed by atoms with Gasteiger partial charge in [0.2, 0.25) is 5.91 Å². The van der Waals surface area contributed by atoms with Gasteiger partial charge in [0, 0.05) is 28.6 Å². The molecule has 7 heteroatoms. The van der Waals surface area contributed by atoms with Gasteiger partial charge in [-0.15, -0.1) is 11.8 Å². The topological polar surface area (TPSA) is 94.9 Å². The molecule has 1 saturated heterocycles. The zero-order chi connectivity index (χ0) is 19.5. The van der Waals surface area contributed by atoms with Gasteiger partial charge in [0.15, 0.2) is 5.78 Å². The van der Waals surface area contributed by atoms with Gasteiger partial charge in [0.1, 0.15) is 5.70 Å². The van der Waals surface area contributed by atoms with Crippen LogP contribution in [0.25, 0.3) is 0 Å². The normalized spacial score (nSPS) is 27.5. The van der Waals surface area contributed by atoms with Crippen LogP contribution in [0.4, 0.5) is 0 Å². The number of β-lactam (4-membered cyclic amide) rings is 1. The molecular weight excluding hydrogens is 366 g/mol. The number of hydrogen-bond acceptors (Lipinski definition) is 5. The molecule has 4 atom stereocenters. The minimum atomic E-state index is -1.10. The molecule has 1 aliphatic carbocycles. The second kappa shape index (κ2) is 6.49. The van der Waals surface area contributed by atoms with Crippen molar-refractivity contribution in [2.24, 2.45) is 11.8 Å². The van der Waals surface area contributed by atoms with Crippen molar-refractivity contribution >= 4 is 29.4 Å². The minimum absolute atomic E-state index is 0.0678. The Hall–Kier alpha value is -2.12. The van der Waals surface area contributed by atoms with E-state index in [1.807, 2.05) is 25.1 Å². The molecule has 0 unspecified atom stereocenters. The van der Waals surface area contributed by atoms with Gasteiger partial charge < -0.3 is 15.1 Å². The van der Waals surface area contributed by atoms with Crippen molar-refractivity contribution in [2.75, 3.05) is 5.75 Å². The molecule has 2 N–H and O–H groups in total. The van der Waals surface area contributed by atoms with Crippen molar-refractivity contribution in [3.8, 4) is 0 Å². The summed E-state index contributed by atoms with van der Waals surface area (Å²) in [5.41, 5.74) is 2.63. The van der Waals surface area contributed by atoms with Gasteiger partial charge in [-0.05, 0) is 36.6 Å². The molecule has 1 amide bonds. The number of aliphatic hydroxyl groups excluding tert-OH is 1. The number of benzene rings is 1. The van der Waals surface area contributed by atoms with E-state index < -0.39 is 18.0 Å². The first-order valence-electron chi connectivity index (χ1n) is 9.07. The largest absolute Gasteiger partial charge is 0.477 e. The van der Waals surface area contributed by atoms with Gasteiger partial charge >= 0.3 is 5.97 Å². The summed E-state index contributed by atoms with van der Waals surface area (Å²) in [4.78, 5) is 38.3. The zero-order valence-electron chi connectivity index (χ0n) is 15.1. The Kier molecular flexibility index (Phi) is 4.39. The highest BCUT2D eigenvalue weighted by molar-refractivity contribution is 7.99. The number of carboxylic acids is 1. The van der Waals surface area contributed by atoms with Crippen LogP contribution in [0.15, 0.2) is 34.4 Å². The zero-order valence-corrected chi connectivity index (χ0v) is 16.0. The van der Waals surface area contributed by atoms with Crippen molar-refractivity contribution < 1.29 is 24.6 Å². The van der Waals surface area contributed by atoms with Crippen LogP contribution in [0.1, 0.15) is 36.2 Å². The number of amides is 1. The number of rotatable bonds is 5. The first-order valence-corrected chi connectivity index (χ1v) is 10.1. The molecule has 4 rings (SSSR count). The van der Waals surface area contributed by atoms with Crippen molar-refractivity contribution in [2.45, 2.75) is 43.7 Å². The van der Waals surface area contributed by atoms with E-state index in [4.69, 9.17) is 0 Å². The smallest absolute Gasteiger partial charge is 0.352 e. The van der Waals surface area contributed by atoms with Gasteiger partial charge in [-0.1, -0.05) is 13.0 Å². The number of aliphatic hydroxyl groups is 1. The van der Waals surface area contributed by atoms with Crippen LogP contribution in [0.3, 0.4) is 0 Å². The van der Waals surface area contributed by atoms with Gasteiger partial charge in [0.25, 0.3) is 0 Å². The lowest BCUT2D eigenvalue weighted by Gasteiger charge is -2.46. The summed E-state index contributed by atoms with van der Waals surface area (Å²) in [7, 11) is 0. The highest BCUT2D eigenvalue weighted by Crippen LogP contribution is 2.48. The van der Waals surface area contributed by atoms with Crippen molar-refractivity contribution in [3.05, 3.63) is 40.6 Å². The van der Waals surface area contributed by atoms with E-state index in [0.717, 1.165) is 28.0 Å². The van der Waals surface area contributed by atoms with Crippen LogP contribution in [0.5, 0.6) is 0 Å². The average molecular weight is 387 g/mol. The highest BCUT2D eigenvalue weighted by Gasteiger charge is 2.59. The summed E-state index contributed by atoms with van der Waals surface area (Å²) >= 11 is 1.52. The maximum atomic E-state index is 12.4. The van der Waals surface area contributed by atoms with E-state index in [-0.39, 0.29) is 29.3 Å². The molecule has 0 bridgehead atoms. The third kappa shape index (κ3) is 2.72. The molecular formula is C20H21NO5S. The van der Waals surface area contributed by atoms with Crippen LogP contribution in [-0.2, 0) is 16.0 Å². The Morgan fingerprint density at radius 3 is 2.74 bits per heavy atom. The molecule has 2 aliphatic heterocycles. The van der Waals surface area contributed by atoms with Crippen molar-refractivity contribution in [3.63, 3.8) is 0 Å². The molecule has 0 spiro atoms. The van der Waals surface area contributed by atoms with Gasteiger partial charge in [-0.25, -0.2) is 4.79 Å². The Morgan fingerprint density at radius 2 is 2.07 bits per heavy atom. The molecule has 2 heterocycles. The minimum Gasteiger partial charge on any atom is -0.477 e. The van der Waals surface area contributed by atoms with E-state index >= 15 is 0 Å². The lowest BCUT2D eigenvalue weighted by Crippen LogP contribution is -2.63. The molecule has 1 fully saturated rings. The predicted molar refractivity (Wildman–Crippen MR) is 99.4 cm³/mol. The summed E-state index contributed by atoms with van der Waals surface area (Å²) in [6.07, 6.45) is 0.508. The number of aliphatic carboxylic acids is 1. The van der Waals surface area contributed by atoms with Crippen molar-refractivity contribution in [1.29, 1.82) is 0 Å². The van der Waals surface area contributed by atoms with Crippen LogP contribution in [0, 0.1) is 11.8 Å². The Bertz CT molecular complexity index is 890. The SMILES string of the molecule is C[C@@H](O)[C@H]1C(=O)N2C(C(=O)O)=C(CSc3ccc4c(c3)CCC4=O)[C@H](C)[C@H]12. The van der Waals surface area contributed by atoms with E-state index in [1.165, 1.54) is 16.7 Å². The summed E-state index contributed by atoms with van der Waals surface area (Å²) in [6.45, 7) is 3.50. The molecule has 6 nitrogen and oxygen atoms in total. The molecule has 0 aromatic heterocycles. The standard InChI is InChI=1S/C20H21NO5S/c1-9-14(8-27-12-4-5-13-11(7-12)3-6-15(13)23)18(20(25)26)21-17(9)16(10(2)22)19(21)24/h4-5,7,9-10,16-17,22H,3,6,8H2,1-2H3,(H,25,26)/t9-,10+,16+,17+/m0/s1. The highest BCUT2D eigenvalue weighted by atomic mass is 32.2. The van der Waals surface area contributed by atoms with Crippen LogP contribution in [0.2, 0.25) is 0 Å². The summed E-state index contributed by atoms with van der Waals surface area (Å²) in [5, 5.41) is 19.5. The van der Waals surface area contributed by atoms with E-state index in [1.54, 1.807) is 6.92 Å². The predicted octanol–water partition coefficient (Wildman–Crippen LogP) is 2.10. The van der Waals surface area contributed by atoms with Crippen LogP contribution in [-0.4, -0.2) is 50.7 Å². The molecule has 0 saturated carbocycles. The number of fused-ring (bicyclic) bond motifs is 2. The quantitative estimate of drug-likeness (QED) is 0.594. The fourth-order valence-corrected chi connectivity index (χ4v) is 5.63. The maximum Gasteiger partial charge on any atom is 0.352 e. The third-order valence-electron chi connectivity index (χ3n) is 5.91. The van der Waals surface area contributed by atoms with Gasteiger partial charge in [-0.2, -0.15) is 0 Å². The third-order valence-corrected chi connectivity index (χ3v) is 6.95. The molecule has 1 aromatic carbocycles. The number of carbonyl (C=O) groups is 3. The second-order valence-corrected chi connectivity index (χ2v) is 8.51. The summed E-state index contributed by atoms with van der Waals surface area (Å²) < 4.78 is 0. The number of thioether (sulfide) groups is 1. The maximum absolute atomic E-state index is 12.4. The van der Waals surface area contributed by atoms with E-state index in [2.05, 4.69) is 0 Å². The number of ketones is 1. The first kappa shape index (κ1) is 18.3. The number of carbonyl (C=O) groups excluding carboxylic acids is 2. The van der Waals surface area contributed by atoms with E-state index in [0.29, 0.717) is 12.2 Å². The fraction of sp³-hybridized carbons (Fsp3) is 0.450. The number of Topliss-reactive ketones (excluding diaryl/α,β-unsaturated/α-hetero) is 1. The molecule has 142 valence electrons. The molecule has 1 aromatic rings. The Labute approximate surface area is 161 Å². The Balaban J connectivity index is 1.57.